The number of hydrogen-bond acceptors (Lipinski definition) is 6. The van der Waals surface area contributed by atoms with Crippen molar-refractivity contribution in [2.24, 2.45) is 4.99 Å². The maximum Gasteiger partial charge on any atom is 0.228 e. The normalized spacial score (nSPS) is 16.0. The van der Waals surface area contributed by atoms with E-state index in [2.05, 4.69) is 54.4 Å². The zero-order chi connectivity index (χ0) is 17.6. The molecule has 0 bridgehead atoms. The molecule has 0 atom stereocenters. The zero-order valence-corrected chi connectivity index (χ0v) is 17.8. The van der Waals surface area contributed by atoms with Crippen LogP contribution < -0.4 is 5.32 Å². The number of guanidine groups is 1. The van der Waals surface area contributed by atoms with E-state index in [4.69, 9.17) is 4.52 Å². The van der Waals surface area contributed by atoms with Crippen LogP contribution in [-0.2, 0) is 6.42 Å². The lowest BCUT2D eigenvalue weighted by atomic mass is 9.96. The van der Waals surface area contributed by atoms with Gasteiger partial charge in [0, 0.05) is 44.9 Å². The lowest BCUT2D eigenvalue weighted by Crippen LogP contribution is -2.45. The molecule has 10 heteroatoms. The van der Waals surface area contributed by atoms with Gasteiger partial charge in [-0.1, -0.05) is 19.0 Å². The van der Waals surface area contributed by atoms with Gasteiger partial charge in [0.25, 0.3) is 0 Å². The van der Waals surface area contributed by atoms with Crippen LogP contribution in [0.3, 0.4) is 0 Å². The molecule has 3 heterocycles. The Kier molecular flexibility index (Phi) is 7.79. The third-order valence-electron chi connectivity index (χ3n) is 4.45. The van der Waals surface area contributed by atoms with E-state index in [0.29, 0.717) is 24.8 Å². The van der Waals surface area contributed by atoms with Gasteiger partial charge in [0.1, 0.15) is 12.2 Å². The van der Waals surface area contributed by atoms with Gasteiger partial charge in [-0.3, -0.25) is 10.1 Å². The van der Waals surface area contributed by atoms with E-state index in [-0.39, 0.29) is 29.9 Å². The van der Waals surface area contributed by atoms with Gasteiger partial charge in [-0.15, -0.1) is 24.0 Å². The summed E-state index contributed by atoms with van der Waals surface area (Å²) in [7, 11) is 1.81. The van der Waals surface area contributed by atoms with Crippen molar-refractivity contribution in [2.45, 2.75) is 44.9 Å². The van der Waals surface area contributed by atoms with E-state index in [1.165, 1.54) is 0 Å². The Labute approximate surface area is 170 Å². The van der Waals surface area contributed by atoms with Crippen LogP contribution in [0.1, 0.15) is 56.1 Å². The molecule has 0 radical (unpaired) electrons. The number of rotatable bonds is 5. The second-order valence-corrected chi connectivity index (χ2v) is 6.56. The van der Waals surface area contributed by atoms with E-state index in [1.807, 2.05) is 7.05 Å². The Morgan fingerprint density at radius 3 is 2.77 bits per heavy atom. The highest BCUT2D eigenvalue weighted by Gasteiger charge is 2.24. The summed E-state index contributed by atoms with van der Waals surface area (Å²) in [6.07, 6.45) is 4.34. The van der Waals surface area contributed by atoms with Gasteiger partial charge in [0.15, 0.2) is 11.8 Å². The second kappa shape index (κ2) is 9.83. The van der Waals surface area contributed by atoms with Crippen molar-refractivity contribution in [3.63, 3.8) is 0 Å². The fraction of sp³-hybridized carbons (Fsp3) is 0.688. The topological polar surface area (TPSA) is 108 Å². The average Bonchev–Trinajstić information content (AvgIpc) is 3.31. The summed E-state index contributed by atoms with van der Waals surface area (Å²) in [6, 6.07) is 0. The van der Waals surface area contributed by atoms with Crippen molar-refractivity contribution in [3.05, 3.63) is 23.9 Å². The van der Waals surface area contributed by atoms with Gasteiger partial charge in [-0.2, -0.15) is 10.1 Å². The SMILES string of the molecule is CN=C(NCCc1nc(C(C)C)no1)N1CCC(c2ncn[nH]2)CC1.I. The minimum atomic E-state index is 0. The lowest BCUT2D eigenvalue weighted by molar-refractivity contribution is 0.298. The van der Waals surface area contributed by atoms with Crippen molar-refractivity contribution >= 4 is 29.9 Å². The van der Waals surface area contributed by atoms with Crippen molar-refractivity contribution in [2.75, 3.05) is 26.7 Å². The van der Waals surface area contributed by atoms with Crippen LogP contribution in [0.2, 0.25) is 0 Å². The predicted octanol–water partition coefficient (Wildman–Crippen LogP) is 1.93. The quantitative estimate of drug-likeness (QED) is 0.387. The molecule has 1 aliphatic rings. The van der Waals surface area contributed by atoms with Crippen molar-refractivity contribution in [1.82, 2.24) is 35.5 Å². The van der Waals surface area contributed by atoms with Crippen LogP contribution in [0.25, 0.3) is 0 Å². The molecule has 1 aliphatic heterocycles. The summed E-state index contributed by atoms with van der Waals surface area (Å²) in [4.78, 5) is 15.3. The highest BCUT2D eigenvalue weighted by Crippen LogP contribution is 2.24. The number of likely N-dealkylation sites (tertiary alicyclic amines) is 1. The van der Waals surface area contributed by atoms with Gasteiger partial charge in [-0.25, -0.2) is 4.98 Å². The Hall–Kier alpha value is -1.72. The van der Waals surface area contributed by atoms with E-state index >= 15 is 0 Å². The summed E-state index contributed by atoms with van der Waals surface area (Å²) in [5.74, 6) is 4.05. The molecule has 2 N–H and O–H groups in total. The minimum Gasteiger partial charge on any atom is -0.356 e. The average molecular weight is 474 g/mol. The number of aliphatic imine (C=N–C) groups is 1. The third-order valence-corrected chi connectivity index (χ3v) is 4.45. The van der Waals surface area contributed by atoms with Gasteiger partial charge in [0.05, 0.1) is 0 Å². The van der Waals surface area contributed by atoms with Crippen LogP contribution in [0.15, 0.2) is 15.8 Å². The molecule has 3 rings (SSSR count). The Bertz CT molecular complexity index is 676. The second-order valence-electron chi connectivity index (χ2n) is 6.56. The number of nitrogens with one attached hydrogen (secondary N) is 2. The van der Waals surface area contributed by atoms with Crippen molar-refractivity contribution in [3.8, 4) is 0 Å². The molecule has 1 saturated heterocycles. The van der Waals surface area contributed by atoms with Crippen LogP contribution in [0, 0.1) is 0 Å². The summed E-state index contributed by atoms with van der Waals surface area (Å²) in [5, 5.41) is 14.3. The molecular formula is C16H27IN8O. The molecule has 0 saturated carbocycles. The van der Waals surface area contributed by atoms with Gasteiger partial charge in [-0.05, 0) is 12.8 Å². The highest BCUT2D eigenvalue weighted by molar-refractivity contribution is 14.0. The van der Waals surface area contributed by atoms with Crippen molar-refractivity contribution < 1.29 is 4.52 Å². The predicted molar refractivity (Wildman–Crippen MR) is 109 cm³/mol. The van der Waals surface area contributed by atoms with E-state index in [9.17, 15) is 0 Å². The molecule has 2 aromatic heterocycles. The molecule has 0 spiro atoms. The lowest BCUT2D eigenvalue weighted by Gasteiger charge is -2.33. The fourth-order valence-corrected chi connectivity index (χ4v) is 2.99. The molecule has 2 aromatic rings. The largest absolute Gasteiger partial charge is 0.356 e. The first-order chi connectivity index (χ1) is 12.2. The number of H-pyrrole nitrogens is 1. The van der Waals surface area contributed by atoms with Crippen LogP contribution in [-0.4, -0.2) is 62.9 Å². The first-order valence-corrected chi connectivity index (χ1v) is 8.80. The molecule has 1 fully saturated rings. The van der Waals surface area contributed by atoms with Gasteiger partial charge >= 0.3 is 0 Å². The fourth-order valence-electron chi connectivity index (χ4n) is 2.99. The monoisotopic (exact) mass is 474 g/mol. The maximum atomic E-state index is 5.27. The van der Waals surface area contributed by atoms with Gasteiger partial charge in [0.2, 0.25) is 5.89 Å². The first-order valence-electron chi connectivity index (χ1n) is 8.80. The Morgan fingerprint density at radius 2 is 2.19 bits per heavy atom. The van der Waals surface area contributed by atoms with Gasteiger partial charge < -0.3 is 14.7 Å². The minimum absolute atomic E-state index is 0. The first kappa shape index (κ1) is 20.6. The smallest absolute Gasteiger partial charge is 0.228 e. The number of aromatic amines is 1. The Balaban J connectivity index is 0.00000243. The van der Waals surface area contributed by atoms with E-state index < -0.39 is 0 Å². The molecule has 0 aromatic carbocycles. The summed E-state index contributed by atoms with van der Waals surface area (Å²) in [6.45, 7) is 6.72. The number of nitrogens with zero attached hydrogens (tertiary/aromatic N) is 6. The molecule has 9 nitrogen and oxygen atoms in total. The molecule has 0 amide bonds. The molecule has 144 valence electrons. The van der Waals surface area contributed by atoms with Crippen molar-refractivity contribution in [1.29, 1.82) is 0 Å². The number of aromatic nitrogens is 5. The number of hydrogen-bond donors (Lipinski definition) is 2. The zero-order valence-electron chi connectivity index (χ0n) is 15.5. The Morgan fingerprint density at radius 1 is 1.42 bits per heavy atom. The maximum absolute atomic E-state index is 5.27. The number of halogens is 1. The van der Waals surface area contributed by atoms with Crippen LogP contribution in [0.4, 0.5) is 0 Å². The molecular weight excluding hydrogens is 447 g/mol. The van der Waals surface area contributed by atoms with Crippen LogP contribution >= 0.6 is 24.0 Å². The highest BCUT2D eigenvalue weighted by atomic mass is 127. The van der Waals surface area contributed by atoms with E-state index in [0.717, 1.165) is 43.5 Å². The number of piperidine rings is 1. The molecule has 26 heavy (non-hydrogen) atoms. The summed E-state index contributed by atoms with van der Waals surface area (Å²) < 4.78 is 5.27. The van der Waals surface area contributed by atoms with Crippen LogP contribution in [0.5, 0.6) is 0 Å². The standard InChI is InChI=1S/C16H26N8O.HI/c1-11(2)14-21-13(25-23-14)4-7-18-16(17-3)24-8-5-12(6-9-24)15-19-10-20-22-15;/h10-12H,4-9H2,1-3H3,(H,17,18)(H,19,20,22);1H. The molecule has 0 aliphatic carbocycles. The molecule has 0 unspecified atom stereocenters. The summed E-state index contributed by atoms with van der Waals surface area (Å²) >= 11 is 0. The third kappa shape index (κ3) is 5.15. The van der Waals surface area contributed by atoms with E-state index in [1.54, 1.807) is 6.33 Å². The summed E-state index contributed by atoms with van der Waals surface area (Å²) in [5.41, 5.74) is 0.